The van der Waals surface area contributed by atoms with E-state index >= 15 is 0 Å². The second-order valence-electron chi connectivity index (χ2n) is 15.5. The van der Waals surface area contributed by atoms with Crippen molar-refractivity contribution < 1.29 is 0 Å². The topological polar surface area (TPSA) is 51.6 Å². The summed E-state index contributed by atoms with van der Waals surface area (Å²) in [6, 6.07) is 80.6. The standard InChI is InChI=1S/C58H38N4/c1-6-16-39(17-7-1)48-35-49(40-18-8-2-9-19-40)37-50(36-48)58-61-56(44-24-14-5-15-25-44)60-57(62-58)45-28-26-41(27-29-45)46-30-32-51-47(34-46)31-33-53-55(51)52(42-20-10-3-11-21-42)38-54(59-53)43-22-12-4-13-23-43/h1-38H. The lowest BCUT2D eigenvalue weighted by molar-refractivity contribution is 1.07. The maximum absolute atomic E-state index is 5.17. The third-order valence-electron chi connectivity index (χ3n) is 11.5. The van der Waals surface area contributed by atoms with E-state index in [4.69, 9.17) is 19.9 Å². The van der Waals surface area contributed by atoms with Crippen LogP contribution in [0.3, 0.4) is 0 Å². The fourth-order valence-electron chi connectivity index (χ4n) is 8.36. The molecule has 62 heavy (non-hydrogen) atoms. The molecule has 2 heterocycles. The van der Waals surface area contributed by atoms with Crippen LogP contribution >= 0.6 is 0 Å². The lowest BCUT2D eigenvalue weighted by Gasteiger charge is -2.14. The molecular formula is C58H38N4. The van der Waals surface area contributed by atoms with E-state index in [0.29, 0.717) is 17.5 Å². The predicted molar refractivity (Wildman–Crippen MR) is 256 cm³/mol. The largest absolute Gasteiger partial charge is 0.248 e. The summed E-state index contributed by atoms with van der Waals surface area (Å²) in [7, 11) is 0. The van der Waals surface area contributed by atoms with E-state index in [0.717, 1.165) is 77.6 Å². The summed E-state index contributed by atoms with van der Waals surface area (Å²) < 4.78 is 0. The van der Waals surface area contributed by atoms with E-state index in [2.05, 4.69) is 182 Å². The number of pyridine rings is 1. The van der Waals surface area contributed by atoms with Crippen LogP contribution in [0.25, 0.3) is 112 Å². The number of benzene rings is 9. The van der Waals surface area contributed by atoms with Crippen molar-refractivity contribution in [2.24, 2.45) is 0 Å². The number of aromatic nitrogens is 4. The predicted octanol–water partition coefficient (Wildman–Crippen LogP) is 14.9. The third-order valence-corrected chi connectivity index (χ3v) is 11.5. The van der Waals surface area contributed by atoms with Gasteiger partial charge in [0.05, 0.1) is 11.2 Å². The minimum Gasteiger partial charge on any atom is -0.248 e. The van der Waals surface area contributed by atoms with Crippen molar-refractivity contribution in [1.82, 2.24) is 19.9 Å². The molecule has 290 valence electrons. The number of fused-ring (bicyclic) bond motifs is 3. The Morgan fingerprint density at radius 1 is 0.242 bits per heavy atom. The molecule has 0 N–H and O–H groups in total. The van der Waals surface area contributed by atoms with Crippen molar-refractivity contribution >= 4 is 21.7 Å². The lowest BCUT2D eigenvalue weighted by Crippen LogP contribution is -2.00. The molecule has 0 radical (unpaired) electrons. The molecule has 0 saturated heterocycles. The van der Waals surface area contributed by atoms with Crippen LogP contribution in [0.4, 0.5) is 0 Å². The highest BCUT2D eigenvalue weighted by Gasteiger charge is 2.17. The van der Waals surface area contributed by atoms with Gasteiger partial charge in [-0.25, -0.2) is 19.9 Å². The molecule has 0 fully saturated rings. The zero-order valence-corrected chi connectivity index (χ0v) is 33.7. The molecule has 0 aliphatic rings. The molecule has 4 nitrogen and oxygen atoms in total. The van der Waals surface area contributed by atoms with E-state index in [-0.39, 0.29) is 0 Å². The van der Waals surface area contributed by atoms with Gasteiger partial charge in [-0.1, -0.05) is 194 Å². The highest BCUT2D eigenvalue weighted by atomic mass is 15.0. The second kappa shape index (κ2) is 16.0. The molecule has 0 spiro atoms. The molecule has 2 aromatic heterocycles. The zero-order chi connectivity index (χ0) is 41.2. The van der Waals surface area contributed by atoms with Crippen LogP contribution in [-0.2, 0) is 0 Å². The van der Waals surface area contributed by atoms with Crippen LogP contribution in [0.1, 0.15) is 0 Å². The molecule has 0 amide bonds. The zero-order valence-electron chi connectivity index (χ0n) is 33.7. The van der Waals surface area contributed by atoms with E-state index in [1.54, 1.807) is 0 Å². The van der Waals surface area contributed by atoms with Gasteiger partial charge in [-0.3, -0.25) is 0 Å². The van der Waals surface area contributed by atoms with Gasteiger partial charge in [-0.2, -0.15) is 0 Å². The maximum Gasteiger partial charge on any atom is 0.164 e. The first-order chi connectivity index (χ1) is 30.7. The molecule has 11 aromatic rings. The molecule has 0 unspecified atom stereocenters. The summed E-state index contributed by atoms with van der Waals surface area (Å²) in [4.78, 5) is 20.5. The minimum atomic E-state index is 0.618. The Labute approximate surface area is 360 Å². The van der Waals surface area contributed by atoms with Crippen molar-refractivity contribution in [3.8, 4) is 89.9 Å². The van der Waals surface area contributed by atoms with Crippen molar-refractivity contribution in [2.45, 2.75) is 0 Å². The van der Waals surface area contributed by atoms with Crippen LogP contribution in [0.15, 0.2) is 231 Å². The molecule has 11 rings (SSSR count). The fraction of sp³-hybridized carbons (Fsp3) is 0. The molecule has 0 aliphatic heterocycles. The smallest absolute Gasteiger partial charge is 0.164 e. The van der Waals surface area contributed by atoms with Gasteiger partial charge in [-0.05, 0) is 91.7 Å². The first kappa shape index (κ1) is 36.7. The fourth-order valence-corrected chi connectivity index (χ4v) is 8.36. The first-order valence-corrected chi connectivity index (χ1v) is 20.9. The van der Waals surface area contributed by atoms with Crippen LogP contribution in [-0.4, -0.2) is 19.9 Å². The summed E-state index contributed by atoms with van der Waals surface area (Å²) >= 11 is 0. The Morgan fingerprint density at radius 2 is 0.661 bits per heavy atom. The number of nitrogens with zero attached hydrogens (tertiary/aromatic N) is 4. The van der Waals surface area contributed by atoms with Gasteiger partial charge in [0.1, 0.15) is 0 Å². The van der Waals surface area contributed by atoms with Gasteiger partial charge in [-0.15, -0.1) is 0 Å². The van der Waals surface area contributed by atoms with Gasteiger partial charge in [0.2, 0.25) is 0 Å². The Bertz CT molecular complexity index is 3300. The van der Waals surface area contributed by atoms with Gasteiger partial charge in [0.15, 0.2) is 17.5 Å². The quantitative estimate of drug-likeness (QED) is 0.144. The Morgan fingerprint density at radius 3 is 1.23 bits per heavy atom. The highest BCUT2D eigenvalue weighted by Crippen LogP contribution is 2.39. The van der Waals surface area contributed by atoms with Gasteiger partial charge >= 0.3 is 0 Å². The first-order valence-electron chi connectivity index (χ1n) is 20.9. The Balaban J connectivity index is 0.993. The maximum atomic E-state index is 5.17. The number of hydrogen-bond donors (Lipinski definition) is 0. The van der Waals surface area contributed by atoms with Crippen molar-refractivity contribution in [2.75, 3.05) is 0 Å². The minimum absolute atomic E-state index is 0.618. The molecule has 9 aromatic carbocycles. The average molecular weight is 791 g/mol. The Hall–Kier alpha value is -8.34. The van der Waals surface area contributed by atoms with Crippen LogP contribution in [0, 0.1) is 0 Å². The molecular weight excluding hydrogens is 753 g/mol. The van der Waals surface area contributed by atoms with E-state index in [1.165, 1.54) is 16.5 Å². The van der Waals surface area contributed by atoms with Crippen LogP contribution < -0.4 is 0 Å². The highest BCUT2D eigenvalue weighted by molar-refractivity contribution is 6.14. The summed E-state index contributed by atoms with van der Waals surface area (Å²) in [6.45, 7) is 0. The van der Waals surface area contributed by atoms with E-state index < -0.39 is 0 Å². The monoisotopic (exact) mass is 790 g/mol. The van der Waals surface area contributed by atoms with Gasteiger partial charge in [0.25, 0.3) is 0 Å². The van der Waals surface area contributed by atoms with E-state index in [9.17, 15) is 0 Å². The molecule has 0 bridgehead atoms. The summed E-state index contributed by atoms with van der Waals surface area (Å²) in [6.07, 6.45) is 0. The third kappa shape index (κ3) is 7.20. The van der Waals surface area contributed by atoms with Crippen molar-refractivity contribution in [3.05, 3.63) is 231 Å². The summed E-state index contributed by atoms with van der Waals surface area (Å²) in [5.74, 6) is 1.87. The van der Waals surface area contributed by atoms with Gasteiger partial charge in [0, 0.05) is 27.6 Å². The van der Waals surface area contributed by atoms with Gasteiger partial charge < -0.3 is 0 Å². The molecule has 0 atom stereocenters. The molecule has 4 heteroatoms. The molecule has 0 aliphatic carbocycles. The number of hydrogen-bond acceptors (Lipinski definition) is 4. The van der Waals surface area contributed by atoms with E-state index in [1.807, 2.05) is 48.5 Å². The van der Waals surface area contributed by atoms with Crippen molar-refractivity contribution in [1.29, 1.82) is 0 Å². The number of rotatable bonds is 8. The van der Waals surface area contributed by atoms with Crippen molar-refractivity contribution in [3.63, 3.8) is 0 Å². The van der Waals surface area contributed by atoms with Crippen LogP contribution in [0.2, 0.25) is 0 Å². The molecule has 0 saturated carbocycles. The average Bonchev–Trinajstić information content (AvgIpc) is 3.37. The lowest BCUT2D eigenvalue weighted by atomic mass is 9.93. The van der Waals surface area contributed by atoms with Crippen LogP contribution in [0.5, 0.6) is 0 Å². The summed E-state index contributed by atoms with van der Waals surface area (Å²) in [5, 5.41) is 3.49. The summed E-state index contributed by atoms with van der Waals surface area (Å²) in [5.41, 5.74) is 14.9. The second-order valence-corrected chi connectivity index (χ2v) is 15.5. The Kier molecular flexibility index (Phi) is 9.49. The SMILES string of the molecule is c1ccc(-c2cc(-c3ccccc3)cc(-c3nc(-c4ccccc4)nc(-c4ccc(-c5ccc6c(ccc7nc(-c8ccccc8)cc(-c8ccccc8)c76)c5)cc4)n3)c2)cc1. The normalized spacial score (nSPS) is 11.2.